The van der Waals surface area contributed by atoms with E-state index in [0.717, 1.165) is 116 Å². The Balaban J connectivity index is 4.51. The zero-order valence-corrected chi connectivity index (χ0v) is 40.1. The monoisotopic (exact) mass is 861 g/mol. The first-order valence-corrected chi connectivity index (χ1v) is 25.2. The fourth-order valence-corrected chi connectivity index (χ4v) is 6.61. The van der Waals surface area contributed by atoms with Gasteiger partial charge in [0.25, 0.3) is 0 Å². The lowest BCUT2D eigenvalue weighted by Crippen LogP contribution is -2.30. The van der Waals surface area contributed by atoms with Crippen LogP contribution >= 0.6 is 0 Å². The Morgan fingerprint density at radius 3 is 1.05 bits per heavy atom. The Morgan fingerprint density at radius 1 is 0.339 bits per heavy atom. The Kier molecular flexibility index (Phi) is 47.0. The van der Waals surface area contributed by atoms with Crippen molar-refractivity contribution in [2.24, 2.45) is 0 Å². The van der Waals surface area contributed by atoms with Gasteiger partial charge in [0.1, 0.15) is 13.2 Å². The molecule has 62 heavy (non-hydrogen) atoms. The van der Waals surface area contributed by atoms with Crippen LogP contribution in [0.15, 0.2) is 97.2 Å². The summed E-state index contributed by atoms with van der Waals surface area (Å²) >= 11 is 0. The van der Waals surface area contributed by atoms with Gasteiger partial charge in [-0.3, -0.25) is 14.4 Å². The molecule has 0 aliphatic carbocycles. The van der Waals surface area contributed by atoms with E-state index in [-0.39, 0.29) is 37.5 Å². The van der Waals surface area contributed by atoms with Crippen molar-refractivity contribution >= 4 is 17.9 Å². The van der Waals surface area contributed by atoms with E-state index in [1.807, 2.05) is 0 Å². The van der Waals surface area contributed by atoms with Gasteiger partial charge in [0, 0.05) is 19.3 Å². The third kappa shape index (κ3) is 47.4. The summed E-state index contributed by atoms with van der Waals surface area (Å²) < 4.78 is 16.7. The van der Waals surface area contributed by atoms with E-state index in [0.29, 0.717) is 19.3 Å². The van der Waals surface area contributed by atoms with E-state index in [2.05, 4.69) is 118 Å². The van der Waals surface area contributed by atoms with Crippen molar-refractivity contribution in [3.8, 4) is 0 Å². The molecule has 6 nitrogen and oxygen atoms in total. The highest BCUT2D eigenvalue weighted by molar-refractivity contribution is 5.71. The summed E-state index contributed by atoms with van der Waals surface area (Å²) in [5.74, 6) is -0.984. The van der Waals surface area contributed by atoms with Crippen LogP contribution in [-0.2, 0) is 28.6 Å². The highest BCUT2D eigenvalue weighted by atomic mass is 16.6. The molecule has 0 fully saturated rings. The molecular weight excluding hydrogens is 769 g/mol. The van der Waals surface area contributed by atoms with E-state index in [9.17, 15) is 14.4 Å². The number of unbranched alkanes of at least 4 members (excludes halogenated alkanes) is 17. The van der Waals surface area contributed by atoms with Crippen LogP contribution in [-0.4, -0.2) is 37.2 Å². The molecule has 0 rings (SSSR count). The normalized spacial score (nSPS) is 12.9. The number of allylic oxidation sites excluding steroid dienone is 16. The van der Waals surface area contributed by atoms with E-state index in [4.69, 9.17) is 14.2 Å². The van der Waals surface area contributed by atoms with Crippen LogP contribution in [0.3, 0.4) is 0 Å². The van der Waals surface area contributed by atoms with Gasteiger partial charge in [-0.05, 0) is 89.9 Å². The summed E-state index contributed by atoms with van der Waals surface area (Å²) in [6, 6.07) is 0. The lowest BCUT2D eigenvalue weighted by atomic mass is 10.0. The van der Waals surface area contributed by atoms with Crippen molar-refractivity contribution in [2.45, 2.75) is 226 Å². The average molecular weight is 861 g/mol. The molecule has 0 aromatic rings. The molecule has 0 N–H and O–H groups in total. The lowest BCUT2D eigenvalue weighted by molar-refractivity contribution is -0.167. The van der Waals surface area contributed by atoms with Crippen LogP contribution in [0.1, 0.15) is 220 Å². The molecule has 0 aromatic heterocycles. The second-order valence-electron chi connectivity index (χ2n) is 16.3. The maximum absolute atomic E-state index is 12.8. The first-order valence-electron chi connectivity index (χ1n) is 25.2. The molecule has 1 atom stereocenters. The minimum atomic E-state index is -0.808. The number of rotatable bonds is 44. The van der Waals surface area contributed by atoms with Crippen LogP contribution < -0.4 is 0 Å². The van der Waals surface area contributed by atoms with Gasteiger partial charge in [0.2, 0.25) is 0 Å². The number of esters is 3. The molecule has 0 radical (unpaired) electrons. The topological polar surface area (TPSA) is 78.9 Å². The van der Waals surface area contributed by atoms with Crippen molar-refractivity contribution in [3.05, 3.63) is 97.2 Å². The Hall–Kier alpha value is -3.67. The number of hydrogen-bond donors (Lipinski definition) is 0. The van der Waals surface area contributed by atoms with Crippen LogP contribution in [0.4, 0.5) is 0 Å². The molecule has 6 heteroatoms. The molecule has 0 heterocycles. The number of carbonyl (C=O) groups is 3. The fraction of sp³-hybridized carbons (Fsp3) is 0.661. The average Bonchev–Trinajstić information content (AvgIpc) is 3.27. The summed E-state index contributed by atoms with van der Waals surface area (Å²) in [6.07, 6.45) is 65.3. The Bertz CT molecular complexity index is 1260. The summed E-state index contributed by atoms with van der Waals surface area (Å²) in [5.41, 5.74) is 0. The third-order valence-corrected chi connectivity index (χ3v) is 10.3. The number of carbonyl (C=O) groups excluding carboxylic acids is 3. The van der Waals surface area contributed by atoms with Crippen molar-refractivity contribution in [2.75, 3.05) is 13.2 Å². The van der Waals surface area contributed by atoms with Gasteiger partial charge in [-0.2, -0.15) is 0 Å². The predicted octanol–water partition coefficient (Wildman–Crippen LogP) is 16.6. The standard InChI is InChI=1S/C56H92O6/c1-4-7-10-13-16-19-22-25-27-28-30-31-34-37-40-43-46-49-55(58)61-52-53(51-60-54(57)48-45-42-39-36-33-24-21-18-15-12-9-6-3)62-56(59)50-47-44-41-38-35-32-29-26-23-20-17-14-11-8-5-2/h7-8,10-11,16-17,19-20,25-27,29-31,37,40,53H,4-6,9,12-15,18,21-24,28,32-36,38-39,41-52H2,1-3H3/b10-7-,11-8-,19-16-,20-17-,27-25-,29-26-,31-30-,40-37-. The minimum Gasteiger partial charge on any atom is -0.462 e. The maximum Gasteiger partial charge on any atom is 0.306 e. The van der Waals surface area contributed by atoms with E-state index >= 15 is 0 Å². The SMILES string of the molecule is CC/C=C\C/C=C\C/C=C\C/C=C\C/C=C\CCCC(=O)OCC(COC(=O)CCCCCCCCCCCCCC)OC(=O)CCCCCCC/C=C\C/C=C\C/C=C\CC. The van der Waals surface area contributed by atoms with Gasteiger partial charge in [-0.25, -0.2) is 0 Å². The van der Waals surface area contributed by atoms with Gasteiger partial charge in [0.05, 0.1) is 0 Å². The maximum atomic E-state index is 12.8. The van der Waals surface area contributed by atoms with Gasteiger partial charge in [0.15, 0.2) is 6.10 Å². The van der Waals surface area contributed by atoms with E-state index < -0.39 is 6.10 Å². The Morgan fingerprint density at radius 2 is 0.645 bits per heavy atom. The molecule has 0 amide bonds. The van der Waals surface area contributed by atoms with Crippen molar-refractivity contribution < 1.29 is 28.6 Å². The minimum absolute atomic E-state index is 0.102. The van der Waals surface area contributed by atoms with Crippen LogP contribution in [0.2, 0.25) is 0 Å². The molecular formula is C56H92O6. The lowest BCUT2D eigenvalue weighted by Gasteiger charge is -2.18. The fourth-order valence-electron chi connectivity index (χ4n) is 6.61. The van der Waals surface area contributed by atoms with Gasteiger partial charge < -0.3 is 14.2 Å². The van der Waals surface area contributed by atoms with Gasteiger partial charge in [-0.1, -0.05) is 208 Å². The summed E-state index contributed by atoms with van der Waals surface area (Å²) in [5, 5.41) is 0. The molecule has 0 bridgehead atoms. The molecule has 0 aliphatic heterocycles. The molecule has 0 spiro atoms. The number of hydrogen-bond acceptors (Lipinski definition) is 6. The first kappa shape index (κ1) is 58.3. The largest absolute Gasteiger partial charge is 0.462 e. The van der Waals surface area contributed by atoms with Crippen LogP contribution in [0.5, 0.6) is 0 Å². The van der Waals surface area contributed by atoms with Crippen molar-refractivity contribution in [3.63, 3.8) is 0 Å². The van der Waals surface area contributed by atoms with Crippen LogP contribution in [0.25, 0.3) is 0 Å². The molecule has 352 valence electrons. The first-order chi connectivity index (χ1) is 30.5. The zero-order chi connectivity index (χ0) is 45.1. The molecule has 1 unspecified atom stereocenters. The second kappa shape index (κ2) is 50.0. The summed E-state index contributed by atoms with van der Waals surface area (Å²) in [6.45, 7) is 6.33. The zero-order valence-electron chi connectivity index (χ0n) is 40.1. The third-order valence-electron chi connectivity index (χ3n) is 10.3. The van der Waals surface area contributed by atoms with Gasteiger partial charge in [-0.15, -0.1) is 0 Å². The smallest absolute Gasteiger partial charge is 0.306 e. The quantitative estimate of drug-likeness (QED) is 0.0263. The highest BCUT2D eigenvalue weighted by Gasteiger charge is 2.19. The van der Waals surface area contributed by atoms with Crippen molar-refractivity contribution in [1.29, 1.82) is 0 Å². The number of ether oxygens (including phenoxy) is 3. The molecule has 0 aliphatic rings. The van der Waals surface area contributed by atoms with E-state index in [1.54, 1.807) is 0 Å². The van der Waals surface area contributed by atoms with Crippen LogP contribution in [0, 0.1) is 0 Å². The predicted molar refractivity (Wildman–Crippen MR) is 265 cm³/mol. The molecule has 0 aromatic carbocycles. The molecule has 0 saturated heterocycles. The molecule has 0 saturated carbocycles. The van der Waals surface area contributed by atoms with E-state index in [1.165, 1.54) is 57.8 Å². The summed E-state index contributed by atoms with van der Waals surface area (Å²) in [4.78, 5) is 37.9. The second-order valence-corrected chi connectivity index (χ2v) is 16.3. The van der Waals surface area contributed by atoms with Gasteiger partial charge >= 0.3 is 17.9 Å². The summed E-state index contributed by atoms with van der Waals surface area (Å²) in [7, 11) is 0. The highest BCUT2D eigenvalue weighted by Crippen LogP contribution is 2.14. The Labute approximate surface area is 381 Å². The van der Waals surface area contributed by atoms with Crippen molar-refractivity contribution in [1.82, 2.24) is 0 Å².